The van der Waals surface area contributed by atoms with E-state index in [9.17, 15) is 19.5 Å². The molecule has 9 heteroatoms. The highest BCUT2D eigenvalue weighted by molar-refractivity contribution is 5.93. The predicted molar refractivity (Wildman–Crippen MR) is 146 cm³/mol. The van der Waals surface area contributed by atoms with Gasteiger partial charge in [-0.25, -0.2) is 4.79 Å². The van der Waals surface area contributed by atoms with E-state index >= 15 is 0 Å². The first kappa shape index (κ1) is 29.3. The average molecular weight is 575 g/mol. The van der Waals surface area contributed by atoms with E-state index in [2.05, 4.69) is 13.8 Å². The summed E-state index contributed by atoms with van der Waals surface area (Å²) in [5.74, 6) is 0.538. The third kappa shape index (κ3) is 4.52. The van der Waals surface area contributed by atoms with E-state index in [-0.39, 0.29) is 28.8 Å². The molecule has 0 amide bonds. The van der Waals surface area contributed by atoms with Crippen molar-refractivity contribution in [3.8, 4) is 0 Å². The van der Waals surface area contributed by atoms with Crippen molar-refractivity contribution < 1.29 is 43.2 Å². The second-order valence-corrected chi connectivity index (χ2v) is 14.2. The number of rotatable bonds is 5. The largest absolute Gasteiger partial charge is 0.458 e. The van der Waals surface area contributed by atoms with Gasteiger partial charge in [0.2, 0.25) is 0 Å². The molecule has 12 atom stereocenters. The first-order valence-electron chi connectivity index (χ1n) is 15.5. The molecule has 2 aliphatic heterocycles. The monoisotopic (exact) mass is 574 g/mol. The van der Waals surface area contributed by atoms with Crippen LogP contribution in [0, 0.1) is 34.0 Å². The van der Waals surface area contributed by atoms with Crippen LogP contribution in [-0.2, 0) is 38.1 Å². The molecule has 6 rings (SSSR count). The standard InChI is InChI=1S/C32H46O9/c1-17-25(35)26(37-5)27(40-18(2)33)28(39-17)41-21-7-10-30(3)20(15-21)6-12-32-13-8-22(19-14-24(34)38-16-19)31(4,29(32)36)11-9-23(30)32/h14,17,20-23,25-28,35H,6-13,15-16H2,1-5H3/t17-,20?,21-,22+,23+,25-,26+,27-,28-,30-,31+,32+/m0/s1. The zero-order chi connectivity index (χ0) is 29.3. The summed E-state index contributed by atoms with van der Waals surface area (Å²) in [6, 6.07) is 0. The molecule has 5 fully saturated rings. The van der Waals surface area contributed by atoms with E-state index in [0.717, 1.165) is 63.4 Å². The number of fused-ring (bicyclic) bond motifs is 3. The molecule has 2 bridgehead atoms. The minimum atomic E-state index is -0.934. The van der Waals surface area contributed by atoms with Crippen molar-refractivity contribution in [3.05, 3.63) is 11.6 Å². The fourth-order valence-corrected chi connectivity index (χ4v) is 10.2. The molecular weight excluding hydrogens is 528 g/mol. The lowest BCUT2D eigenvalue weighted by atomic mass is 9.37. The predicted octanol–water partition coefficient (Wildman–Crippen LogP) is 3.89. The fourth-order valence-electron chi connectivity index (χ4n) is 10.2. The van der Waals surface area contributed by atoms with Gasteiger partial charge in [0.1, 0.15) is 24.6 Å². The van der Waals surface area contributed by atoms with Crippen molar-refractivity contribution in [2.45, 2.75) is 122 Å². The Hall–Kier alpha value is -1.81. The number of carbonyl (C=O) groups excluding carboxylic acids is 3. The molecule has 9 nitrogen and oxygen atoms in total. The van der Waals surface area contributed by atoms with Gasteiger partial charge in [0.25, 0.3) is 0 Å². The van der Waals surface area contributed by atoms with Gasteiger partial charge >= 0.3 is 11.9 Å². The molecule has 1 saturated heterocycles. The molecule has 41 heavy (non-hydrogen) atoms. The first-order chi connectivity index (χ1) is 19.4. The van der Waals surface area contributed by atoms with Gasteiger partial charge in [-0.15, -0.1) is 0 Å². The summed E-state index contributed by atoms with van der Waals surface area (Å²) in [5.41, 5.74) is 0.346. The molecule has 1 unspecified atom stereocenters. The van der Waals surface area contributed by atoms with Crippen LogP contribution in [0.1, 0.15) is 85.5 Å². The van der Waals surface area contributed by atoms with Crippen molar-refractivity contribution in [3.63, 3.8) is 0 Å². The van der Waals surface area contributed by atoms with Crippen molar-refractivity contribution in [1.82, 2.24) is 0 Å². The summed E-state index contributed by atoms with van der Waals surface area (Å²) in [5, 5.41) is 10.6. The average Bonchev–Trinajstić information content (AvgIpc) is 3.34. The van der Waals surface area contributed by atoms with Gasteiger partial charge in [0.15, 0.2) is 12.4 Å². The van der Waals surface area contributed by atoms with Crippen molar-refractivity contribution in [2.24, 2.45) is 34.0 Å². The topological polar surface area (TPSA) is 118 Å². The summed E-state index contributed by atoms with van der Waals surface area (Å²) < 4.78 is 28.8. The zero-order valence-corrected chi connectivity index (χ0v) is 25.1. The van der Waals surface area contributed by atoms with E-state index < -0.39 is 42.1 Å². The Morgan fingerprint density at radius 2 is 1.80 bits per heavy atom. The van der Waals surface area contributed by atoms with Crippen LogP contribution in [0.4, 0.5) is 0 Å². The molecule has 0 aromatic heterocycles. The van der Waals surface area contributed by atoms with Gasteiger partial charge in [0.05, 0.1) is 12.2 Å². The molecule has 4 saturated carbocycles. The molecule has 0 aromatic rings. The van der Waals surface area contributed by atoms with Gasteiger partial charge in [-0.2, -0.15) is 0 Å². The molecule has 1 spiro atoms. The Kier molecular flexibility index (Phi) is 7.44. The molecule has 4 aliphatic carbocycles. The molecule has 0 aromatic carbocycles. The Morgan fingerprint density at radius 1 is 1.05 bits per heavy atom. The molecule has 1 N–H and O–H groups in total. The van der Waals surface area contributed by atoms with Gasteiger partial charge < -0.3 is 28.8 Å². The Morgan fingerprint density at radius 3 is 2.49 bits per heavy atom. The number of ketones is 1. The van der Waals surface area contributed by atoms with Crippen LogP contribution in [0.3, 0.4) is 0 Å². The molecule has 6 aliphatic rings. The summed E-state index contributed by atoms with van der Waals surface area (Å²) in [4.78, 5) is 38.2. The third-order valence-electron chi connectivity index (χ3n) is 12.2. The Bertz CT molecular complexity index is 1120. The number of carbonyl (C=O) groups is 3. The van der Waals surface area contributed by atoms with Crippen LogP contribution >= 0.6 is 0 Å². The minimum absolute atomic E-state index is 0.0505. The van der Waals surface area contributed by atoms with E-state index in [1.165, 1.54) is 14.0 Å². The number of aliphatic hydroxyl groups is 1. The van der Waals surface area contributed by atoms with Crippen LogP contribution in [0.25, 0.3) is 0 Å². The smallest absolute Gasteiger partial charge is 0.331 e. The molecule has 0 radical (unpaired) electrons. The van der Waals surface area contributed by atoms with Crippen molar-refractivity contribution >= 4 is 17.7 Å². The summed E-state index contributed by atoms with van der Waals surface area (Å²) in [6.45, 7) is 7.99. The van der Waals surface area contributed by atoms with E-state index in [4.69, 9.17) is 23.7 Å². The SMILES string of the molecule is CO[C@@H]1[C@@H](O)[C@H](C)O[C@@H](O[C@H]2CC[C@@]3(C)C(CC[C@@]45CC[C@H](C6=CC(=O)OC6)[C@@](C)(CC[C@@H]43)C5=O)C2)[C@H]1OC(C)=O. The second kappa shape index (κ2) is 10.4. The van der Waals surface area contributed by atoms with Gasteiger partial charge in [-0.3, -0.25) is 9.59 Å². The fraction of sp³-hybridized carbons (Fsp3) is 0.844. The number of hydrogen-bond donors (Lipinski definition) is 1. The van der Waals surface area contributed by atoms with Crippen LogP contribution < -0.4 is 0 Å². The molecular formula is C32H46O9. The molecule has 228 valence electrons. The quantitative estimate of drug-likeness (QED) is 0.385. The number of aliphatic hydroxyl groups excluding tert-OH is 1. The normalized spacial score (nSPS) is 49.4. The Labute approximate surface area is 242 Å². The maximum atomic E-state index is 14.5. The van der Waals surface area contributed by atoms with Gasteiger partial charge in [-0.1, -0.05) is 13.8 Å². The highest BCUT2D eigenvalue weighted by Gasteiger charge is 2.68. The van der Waals surface area contributed by atoms with Crippen LogP contribution in [0.5, 0.6) is 0 Å². The number of ether oxygens (including phenoxy) is 5. The van der Waals surface area contributed by atoms with Crippen LogP contribution in [0.15, 0.2) is 11.6 Å². The maximum Gasteiger partial charge on any atom is 0.331 e. The number of methoxy groups -OCH3 is 1. The van der Waals surface area contributed by atoms with E-state index in [1.807, 2.05) is 0 Å². The van der Waals surface area contributed by atoms with E-state index in [0.29, 0.717) is 24.2 Å². The van der Waals surface area contributed by atoms with E-state index in [1.54, 1.807) is 13.0 Å². The second-order valence-electron chi connectivity index (χ2n) is 14.2. The number of esters is 2. The lowest BCUT2D eigenvalue weighted by Crippen LogP contribution is -2.65. The summed E-state index contributed by atoms with van der Waals surface area (Å²) >= 11 is 0. The van der Waals surface area contributed by atoms with Crippen molar-refractivity contribution in [1.29, 1.82) is 0 Å². The lowest BCUT2D eigenvalue weighted by Gasteiger charge is -2.66. The van der Waals surface area contributed by atoms with Crippen LogP contribution in [0.2, 0.25) is 0 Å². The van der Waals surface area contributed by atoms with Crippen molar-refractivity contribution in [2.75, 3.05) is 13.7 Å². The highest BCUT2D eigenvalue weighted by Crippen LogP contribution is 2.70. The number of cyclic esters (lactones) is 1. The summed E-state index contributed by atoms with van der Waals surface area (Å²) in [7, 11) is 1.49. The third-order valence-corrected chi connectivity index (χ3v) is 12.2. The molecule has 2 heterocycles. The lowest BCUT2D eigenvalue weighted by molar-refractivity contribution is -0.315. The zero-order valence-electron chi connectivity index (χ0n) is 25.1. The maximum absolute atomic E-state index is 14.5. The van der Waals surface area contributed by atoms with Crippen LogP contribution in [-0.4, -0.2) is 73.4 Å². The van der Waals surface area contributed by atoms with Gasteiger partial charge in [0, 0.05) is 30.9 Å². The Balaban J connectivity index is 1.18. The first-order valence-corrected chi connectivity index (χ1v) is 15.5. The minimum Gasteiger partial charge on any atom is -0.458 e. The van der Waals surface area contributed by atoms with Gasteiger partial charge in [-0.05, 0) is 93.5 Å². The highest BCUT2D eigenvalue weighted by atomic mass is 16.7. The number of Topliss-reactive ketones (excluding diaryl/α,β-unsaturated/α-hetero) is 1. The number of hydrogen-bond acceptors (Lipinski definition) is 9. The summed E-state index contributed by atoms with van der Waals surface area (Å²) in [6.07, 6.45) is 5.96.